The zero-order valence-corrected chi connectivity index (χ0v) is 33.6. The number of rotatable bonds is 5. The van der Waals surface area contributed by atoms with Crippen molar-refractivity contribution in [3.05, 3.63) is 200 Å². The van der Waals surface area contributed by atoms with Crippen LogP contribution in [0.4, 0.5) is 0 Å². The summed E-state index contributed by atoms with van der Waals surface area (Å²) in [4.78, 5) is 9.22. The molecule has 0 unspecified atom stereocenters. The number of furan rings is 2. The van der Waals surface area contributed by atoms with E-state index in [4.69, 9.17) is 17.9 Å². The van der Waals surface area contributed by atoms with E-state index in [2.05, 4.69) is 138 Å². The molecule has 0 aliphatic carbocycles. The van der Waals surface area contributed by atoms with Gasteiger partial charge in [0.1, 0.15) is 11.2 Å². The second-order valence-corrected chi connectivity index (χ2v) is 14.0. The molecule has 1 radical (unpaired) electrons. The molecule has 0 saturated carbocycles. The predicted octanol–water partition coefficient (Wildman–Crippen LogP) is 13.6. The first-order chi connectivity index (χ1) is 29.3. The second kappa shape index (κ2) is 15.6. The molecule has 7 aromatic carbocycles. The molecule has 0 spiro atoms. The van der Waals surface area contributed by atoms with Crippen molar-refractivity contribution in [2.75, 3.05) is 0 Å². The first-order valence-corrected chi connectivity index (χ1v) is 18.7. The SMILES string of the molecule is Cc1ccc2c(c1)oc1ccc(-c3ccc4o[c-]c(-c5nc6ccccc6n5-c5ccc(-c6ccccc6)cc5)c4c3)cc12.[2H]C([2H])([2H])c1ccc(-c2[c-]cccc2)nc1.[Ir]. The van der Waals surface area contributed by atoms with Crippen molar-refractivity contribution in [2.24, 2.45) is 0 Å². The summed E-state index contributed by atoms with van der Waals surface area (Å²) in [5, 5.41) is 3.20. The van der Waals surface area contributed by atoms with E-state index in [0.29, 0.717) is 0 Å². The molecule has 4 heterocycles. The Hall–Kier alpha value is -6.85. The maximum Gasteiger partial charge on any atom is 0.135 e. The molecule has 5 nitrogen and oxygen atoms in total. The molecule has 58 heavy (non-hydrogen) atoms. The number of hydrogen-bond donors (Lipinski definition) is 0. The van der Waals surface area contributed by atoms with Crippen LogP contribution in [0.1, 0.15) is 15.2 Å². The minimum Gasteiger partial charge on any atom is -0.557 e. The Labute approximate surface area is 353 Å². The van der Waals surface area contributed by atoms with Crippen LogP contribution in [0.15, 0.2) is 185 Å². The molecule has 0 aliphatic rings. The normalized spacial score (nSPS) is 12.1. The van der Waals surface area contributed by atoms with E-state index in [0.717, 1.165) is 83.4 Å². The zero-order valence-electron chi connectivity index (χ0n) is 34.2. The number of aromatic nitrogens is 3. The van der Waals surface area contributed by atoms with Crippen molar-refractivity contribution < 1.29 is 33.1 Å². The Morgan fingerprint density at radius 2 is 1.33 bits per heavy atom. The Bertz CT molecular complexity index is 3300. The summed E-state index contributed by atoms with van der Waals surface area (Å²) in [6, 6.07) is 60.1. The second-order valence-electron chi connectivity index (χ2n) is 14.0. The minimum absolute atomic E-state index is 0. The predicted molar refractivity (Wildman–Crippen MR) is 231 cm³/mol. The summed E-state index contributed by atoms with van der Waals surface area (Å²) >= 11 is 0. The van der Waals surface area contributed by atoms with Gasteiger partial charge in [-0.1, -0.05) is 114 Å². The van der Waals surface area contributed by atoms with Crippen LogP contribution in [0.5, 0.6) is 0 Å². The van der Waals surface area contributed by atoms with Gasteiger partial charge in [-0.15, -0.1) is 35.9 Å². The summed E-state index contributed by atoms with van der Waals surface area (Å²) < 4.78 is 36.0. The Morgan fingerprint density at radius 3 is 2.10 bits per heavy atom. The van der Waals surface area contributed by atoms with Crippen molar-refractivity contribution in [1.82, 2.24) is 14.5 Å². The van der Waals surface area contributed by atoms with Crippen LogP contribution in [0.3, 0.4) is 0 Å². The molecule has 4 aromatic heterocycles. The van der Waals surface area contributed by atoms with Gasteiger partial charge in [0.2, 0.25) is 0 Å². The summed E-state index contributed by atoms with van der Waals surface area (Å²) in [6.07, 6.45) is 4.59. The van der Waals surface area contributed by atoms with Crippen molar-refractivity contribution in [2.45, 2.75) is 13.8 Å². The van der Waals surface area contributed by atoms with Crippen LogP contribution in [0.2, 0.25) is 0 Å². The molecule has 0 bridgehead atoms. The fourth-order valence-corrected chi connectivity index (χ4v) is 7.38. The number of nitrogens with zero attached hydrogens (tertiary/aromatic N) is 3. The largest absolute Gasteiger partial charge is 0.557 e. The van der Waals surface area contributed by atoms with Gasteiger partial charge < -0.3 is 18.4 Å². The fraction of sp³-hybridized carbons (Fsp3) is 0.0385. The van der Waals surface area contributed by atoms with Crippen LogP contribution in [-0.4, -0.2) is 14.5 Å². The van der Waals surface area contributed by atoms with Gasteiger partial charge in [-0.2, -0.15) is 0 Å². The van der Waals surface area contributed by atoms with Gasteiger partial charge in [-0.3, -0.25) is 4.98 Å². The van der Waals surface area contributed by atoms with E-state index in [1.54, 1.807) is 18.2 Å². The van der Waals surface area contributed by atoms with Gasteiger partial charge in [-0.25, -0.2) is 0 Å². The van der Waals surface area contributed by atoms with Crippen LogP contribution < -0.4 is 0 Å². The smallest absolute Gasteiger partial charge is 0.135 e. The zero-order chi connectivity index (χ0) is 40.8. The Morgan fingerprint density at radius 1 is 0.603 bits per heavy atom. The quantitative estimate of drug-likeness (QED) is 0.161. The number of aryl methyl sites for hydroxylation is 2. The number of para-hydroxylation sites is 2. The van der Waals surface area contributed by atoms with Crippen LogP contribution in [0.25, 0.3) is 94.5 Å². The molecule has 6 heteroatoms. The molecule has 0 amide bonds. The average molecular weight is 929 g/mol. The van der Waals surface area contributed by atoms with Crippen LogP contribution in [-0.2, 0) is 20.1 Å². The summed E-state index contributed by atoms with van der Waals surface area (Å²) in [5.41, 5.74) is 14.0. The standard InChI is InChI=1S/C40H25N2O2.C12H10N.Ir/c1-25-11-18-31-32-22-29(15-20-38(32)44-39(31)21-25)28-14-19-37-33(23-28)34(24-43-37)40-41-35-9-5-6-10-36(35)42(40)30-16-12-27(13-17-30)26-7-3-2-4-8-26;1-10-7-8-12(13-9-10)11-5-3-2-4-6-11;/h2-23H,1H3;2-5,7-9H,1H3;/q2*-1;/i;1D3;. The van der Waals surface area contributed by atoms with Gasteiger partial charge in [0.05, 0.1) is 16.9 Å². The van der Waals surface area contributed by atoms with Crippen LogP contribution >= 0.6 is 0 Å². The maximum atomic E-state index is 7.23. The van der Waals surface area contributed by atoms with E-state index >= 15 is 0 Å². The first kappa shape index (κ1) is 33.3. The monoisotopic (exact) mass is 929 g/mol. The third-order valence-electron chi connectivity index (χ3n) is 10.2. The Kier molecular flexibility index (Phi) is 8.95. The Balaban J connectivity index is 0.000000237. The average Bonchev–Trinajstić information content (AvgIpc) is 3.99. The van der Waals surface area contributed by atoms with Crippen molar-refractivity contribution in [3.8, 4) is 50.6 Å². The van der Waals surface area contributed by atoms with Gasteiger partial charge in [0.25, 0.3) is 0 Å². The molecule has 11 aromatic rings. The fourth-order valence-electron chi connectivity index (χ4n) is 7.38. The number of pyridine rings is 1. The van der Waals surface area contributed by atoms with Gasteiger partial charge in [0.15, 0.2) is 0 Å². The van der Waals surface area contributed by atoms with Crippen molar-refractivity contribution >= 4 is 43.9 Å². The number of benzene rings is 7. The molecular formula is C52H35IrN3O2-2. The number of fused-ring (bicyclic) bond motifs is 5. The molecule has 0 N–H and O–H groups in total. The molecule has 0 saturated heterocycles. The third kappa shape index (κ3) is 6.94. The van der Waals surface area contributed by atoms with Gasteiger partial charge >= 0.3 is 0 Å². The van der Waals surface area contributed by atoms with E-state index in [9.17, 15) is 0 Å². The van der Waals surface area contributed by atoms with Crippen molar-refractivity contribution in [1.29, 1.82) is 0 Å². The minimum atomic E-state index is -2.09. The molecular weight excluding hydrogens is 891 g/mol. The summed E-state index contributed by atoms with van der Waals surface area (Å²) in [7, 11) is 0. The van der Waals surface area contributed by atoms with Gasteiger partial charge in [-0.05, 0) is 95.3 Å². The third-order valence-corrected chi connectivity index (χ3v) is 10.2. The van der Waals surface area contributed by atoms with E-state index in [1.165, 1.54) is 22.9 Å². The van der Waals surface area contributed by atoms with Crippen molar-refractivity contribution in [3.63, 3.8) is 0 Å². The topological polar surface area (TPSA) is 57.0 Å². The number of imidazole rings is 1. The molecule has 0 fully saturated rings. The van der Waals surface area contributed by atoms with E-state index in [1.807, 2.05) is 42.5 Å². The summed E-state index contributed by atoms with van der Waals surface area (Å²) in [6.45, 7) is -0.00718. The summed E-state index contributed by atoms with van der Waals surface area (Å²) in [5.74, 6) is 0.793. The molecule has 11 rings (SSSR count). The molecule has 0 aliphatic heterocycles. The first-order valence-electron chi connectivity index (χ1n) is 20.2. The van der Waals surface area contributed by atoms with E-state index < -0.39 is 6.85 Å². The molecule has 281 valence electrons. The van der Waals surface area contributed by atoms with Gasteiger partial charge in [0, 0.05) is 58.7 Å². The number of hydrogen-bond acceptors (Lipinski definition) is 4. The maximum absolute atomic E-state index is 7.23. The van der Waals surface area contributed by atoms with Crippen LogP contribution in [0, 0.1) is 26.1 Å². The molecule has 0 atom stereocenters. The van der Waals surface area contributed by atoms with E-state index in [-0.39, 0.29) is 25.7 Å².